The van der Waals surface area contributed by atoms with Crippen LogP contribution in [0.2, 0.25) is 5.02 Å². The normalized spacial score (nSPS) is 11.2. The molecule has 4 rings (SSSR count). The minimum atomic E-state index is -0.394. The molecule has 1 aromatic heterocycles. The predicted octanol–water partition coefficient (Wildman–Crippen LogP) is 6.79. The maximum atomic E-state index is 13.3. The summed E-state index contributed by atoms with van der Waals surface area (Å²) in [5.41, 5.74) is 3.32. The fourth-order valence-corrected chi connectivity index (χ4v) is 4.43. The third-order valence-electron chi connectivity index (χ3n) is 6.21. The van der Waals surface area contributed by atoms with E-state index in [0.29, 0.717) is 22.1 Å². The molecule has 0 atom stereocenters. The summed E-state index contributed by atoms with van der Waals surface area (Å²) in [6.07, 6.45) is 0. The van der Waals surface area contributed by atoms with Crippen molar-refractivity contribution in [3.05, 3.63) is 94.4 Å². The molecule has 0 aliphatic heterocycles. The number of rotatable bonds is 8. The van der Waals surface area contributed by atoms with Crippen molar-refractivity contribution in [2.45, 2.75) is 40.3 Å². The van der Waals surface area contributed by atoms with Crippen LogP contribution in [0.5, 0.6) is 0 Å². The average molecular weight is 549 g/mol. The number of aromatic nitrogens is 1. The molecule has 202 valence electrons. The highest BCUT2D eigenvalue weighted by Crippen LogP contribution is 2.28. The second kappa shape index (κ2) is 11.7. The molecule has 0 spiro atoms. The van der Waals surface area contributed by atoms with Crippen molar-refractivity contribution in [1.82, 2.24) is 9.88 Å². The van der Waals surface area contributed by atoms with E-state index >= 15 is 0 Å². The third kappa shape index (κ3) is 6.46. The number of anilines is 2. The Labute approximate surface area is 231 Å². The maximum absolute atomic E-state index is 13.3. The van der Waals surface area contributed by atoms with Crippen LogP contribution in [0.4, 0.5) is 15.8 Å². The zero-order valence-electron chi connectivity index (χ0n) is 22.1. The lowest BCUT2D eigenvalue weighted by Gasteiger charge is -2.15. The van der Waals surface area contributed by atoms with Gasteiger partial charge in [0.1, 0.15) is 11.5 Å². The summed E-state index contributed by atoms with van der Waals surface area (Å²) >= 11 is 6.32. The molecule has 7 nitrogen and oxygen atoms in total. The van der Waals surface area contributed by atoms with E-state index in [-0.39, 0.29) is 41.7 Å². The summed E-state index contributed by atoms with van der Waals surface area (Å²) in [5, 5.41) is 9.57. The smallest absolute Gasteiger partial charge is 0.272 e. The number of hydrogen-bond donors (Lipinski definition) is 3. The molecule has 0 unspecified atom stereocenters. The number of amides is 3. The predicted molar refractivity (Wildman–Crippen MR) is 153 cm³/mol. The largest absolute Gasteiger partial charge is 0.352 e. The lowest BCUT2D eigenvalue weighted by atomic mass is 10.1. The van der Waals surface area contributed by atoms with Gasteiger partial charge in [-0.25, -0.2) is 4.39 Å². The number of carbonyl (C=O) groups excluding carboxylic acids is 3. The van der Waals surface area contributed by atoms with Crippen LogP contribution >= 0.6 is 11.6 Å². The quantitative estimate of drug-likeness (QED) is 0.226. The molecule has 0 aliphatic carbocycles. The Morgan fingerprint density at radius 1 is 0.846 bits per heavy atom. The molecule has 39 heavy (non-hydrogen) atoms. The highest BCUT2D eigenvalue weighted by atomic mass is 35.5. The van der Waals surface area contributed by atoms with Crippen LogP contribution < -0.4 is 16.0 Å². The van der Waals surface area contributed by atoms with E-state index in [1.807, 2.05) is 38.3 Å². The third-order valence-corrected chi connectivity index (χ3v) is 6.54. The van der Waals surface area contributed by atoms with Gasteiger partial charge in [-0.15, -0.1) is 0 Å². The van der Waals surface area contributed by atoms with Crippen LogP contribution in [-0.4, -0.2) is 22.3 Å². The molecule has 0 bridgehead atoms. The van der Waals surface area contributed by atoms with Gasteiger partial charge < -0.3 is 20.5 Å². The molecule has 3 N–H and O–H groups in total. The number of carbonyl (C=O) groups is 3. The Hall–Kier alpha value is -4.17. The SMILES string of the molecule is CC(C)C(=O)NCc1ccc(Cl)c(C(=O)Nc2ccc3c(c2)cc(C(=O)Nc2ccc(F)cc2)n3C(C)C)c1. The van der Waals surface area contributed by atoms with Crippen LogP contribution in [0.25, 0.3) is 10.9 Å². The van der Waals surface area contributed by atoms with E-state index in [4.69, 9.17) is 11.6 Å². The van der Waals surface area contributed by atoms with Crippen LogP contribution in [-0.2, 0) is 11.3 Å². The van der Waals surface area contributed by atoms with Crippen molar-refractivity contribution < 1.29 is 18.8 Å². The highest BCUT2D eigenvalue weighted by Gasteiger charge is 2.19. The summed E-state index contributed by atoms with van der Waals surface area (Å²) in [5.74, 6) is -1.33. The van der Waals surface area contributed by atoms with Crippen molar-refractivity contribution >= 4 is 51.6 Å². The van der Waals surface area contributed by atoms with E-state index in [2.05, 4.69) is 16.0 Å². The highest BCUT2D eigenvalue weighted by molar-refractivity contribution is 6.34. The van der Waals surface area contributed by atoms with Gasteiger partial charge in [0.15, 0.2) is 0 Å². The molecule has 3 amide bonds. The van der Waals surface area contributed by atoms with E-state index in [9.17, 15) is 18.8 Å². The second-order valence-electron chi connectivity index (χ2n) is 9.87. The zero-order valence-corrected chi connectivity index (χ0v) is 22.9. The molecule has 0 fully saturated rings. The first-order chi connectivity index (χ1) is 18.5. The first-order valence-electron chi connectivity index (χ1n) is 12.6. The molecule has 4 aromatic rings. The summed E-state index contributed by atoms with van der Waals surface area (Å²) in [6, 6.07) is 17.8. The Bertz CT molecular complexity index is 1540. The molecule has 3 aromatic carbocycles. The van der Waals surface area contributed by atoms with Gasteiger partial charge in [-0.05, 0) is 80.1 Å². The maximum Gasteiger partial charge on any atom is 0.272 e. The Kier molecular flexibility index (Phi) is 8.35. The van der Waals surface area contributed by atoms with Crippen LogP contribution in [0, 0.1) is 11.7 Å². The number of hydrogen-bond acceptors (Lipinski definition) is 3. The second-order valence-corrected chi connectivity index (χ2v) is 10.3. The number of halogens is 2. The summed E-state index contributed by atoms with van der Waals surface area (Å²) in [6.45, 7) is 7.85. The number of benzene rings is 3. The monoisotopic (exact) mass is 548 g/mol. The van der Waals surface area contributed by atoms with Gasteiger partial charge in [-0.3, -0.25) is 14.4 Å². The lowest BCUT2D eigenvalue weighted by molar-refractivity contribution is -0.124. The molecule has 0 aliphatic rings. The fourth-order valence-electron chi connectivity index (χ4n) is 4.22. The average Bonchev–Trinajstić information content (AvgIpc) is 3.28. The summed E-state index contributed by atoms with van der Waals surface area (Å²) in [7, 11) is 0. The van der Waals surface area contributed by atoms with Crippen LogP contribution in [0.3, 0.4) is 0 Å². The van der Waals surface area contributed by atoms with E-state index < -0.39 is 5.91 Å². The molecule has 0 radical (unpaired) electrons. The molecular formula is C30H30ClFN4O3. The molecule has 0 saturated heterocycles. The fraction of sp³-hybridized carbons (Fsp3) is 0.233. The molecular weight excluding hydrogens is 519 g/mol. The van der Waals surface area contributed by atoms with Crippen molar-refractivity contribution in [3.63, 3.8) is 0 Å². The van der Waals surface area contributed by atoms with Gasteiger partial charge in [0.25, 0.3) is 11.8 Å². The minimum absolute atomic E-state index is 0.0188. The topological polar surface area (TPSA) is 92.2 Å². The molecule has 1 heterocycles. The van der Waals surface area contributed by atoms with Gasteiger partial charge in [0.2, 0.25) is 5.91 Å². The standard InChI is InChI=1S/C30H30ClFN4O3/c1-17(2)28(37)33-16-19-5-11-25(31)24(13-19)29(38)35-23-10-12-26-20(14-23)15-27(36(26)18(3)4)30(39)34-22-8-6-21(32)7-9-22/h5-15,17-18H,16H2,1-4H3,(H,33,37)(H,34,39)(H,35,38). The Balaban J connectivity index is 1.57. The zero-order chi connectivity index (χ0) is 28.3. The van der Waals surface area contributed by atoms with Crippen molar-refractivity contribution in [2.24, 2.45) is 5.92 Å². The van der Waals surface area contributed by atoms with Crippen molar-refractivity contribution in [2.75, 3.05) is 10.6 Å². The van der Waals surface area contributed by atoms with Gasteiger partial charge in [0.05, 0.1) is 10.6 Å². The summed E-state index contributed by atoms with van der Waals surface area (Å²) in [4.78, 5) is 38.1. The van der Waals surface area contributed by atoms with E-state index in [1.54, 1.807) is 36.4 Å². The number of fused-ring (bicyclic) bond motifs is 1. The van der Waals surface area contributed by atoms with Crippen molar-refractivity contribution in [3.8, 4) is 0 Å². The van der Waals surface area contributed by atoms with Gasteiger partial charge in [-0.2, -0.15) is 0 Å². The van der Waals surface area contributed by atoms with Gasteiger partial charge in [-0.1, -0.05) is 31.5 Å². The first kappa shape index (κ1) is 27.9. The number of nitrogens with zero attached hydrogens (tertiary/aromatic N) is 1. The Morgan fingerprint density at radius 2 is 1.51 bits per heavy atom. The molecule has 0 saturated carbocycles. The lowest BCUT2D eigenvalue weighted by Crippen LogP contribution is -2.27. The first-order valence-corrected chi connectivity index (χ1v) is 13.0. The molecule has 9 heteroatoms. The van der Waals surface area contributed by atoms with E-state index in [0.717, 1.165) is 16.5 Å². The van der Waals surface area contributed by atoms with Crippen LogP contribution in [0.1, 0.15) is 60.1 Å². The van der Waals surface area contributed by atoms with Gasteiger partial charge >= 0.3 is 0 Å². The summed E-state index contributed by atoms with van der Waals surface area (Å²) < 4.78 is 15.2. The van der Waals surface area contributed by atoms with E-state index in [1.165, 1.54) is 24.3 Å². The Morgan fingerprint density at radius 3 is 2.18 bits per heavy atom. The van der Waals surface area contributed by atoms with Gasteiger partial charge in [0, 0.05) is 40.8 Å². The number of nitrogens with one attached hydrogen (secondary N) is 3. The van der Waals surface area contributed by atoms with Crippen LogP contribution in [0.15, 0.2) is 66.7 Å². The van der Waals surface area contributed by atoms with Crippen molar-refractivity contribution in [1.29, 1.82) is 0 Å². The minimum Gasteiger partial charge on any atom is -0.352 e.